The van der Waals surface area contributed by atoms with Crippen LogP contribution in [0, 0.1) is 0 Å². The van der Waals surface area contributed by atoms with Crippen LogP contribution in [-0.2, 0) is 6.42 Å². The molecule has 0 saturated heterocycles. The molecule has 1 heterocycles. The summed E-state index contributed by atoms with van der Waals surface area (Å²) in [6.45, 7) is 3.20. The Kier molecular flexibility index (Phi) is 5.55. The Labute approximate surface area is 162 Å². The van der Waals surface area contributed by atoms with Crippen LogP contribution in [0.2, 0.25) is 0 Å². The lowest BCUT2D eigenvalue weighted by Crippen LogP contribution is -2.33. The molecule has 1 aliphatic heterocycles. The van der Waals surface area contributed by atoms with Gasteiger partial charge in [0.1, 0.15) is 11.9 Å². The second kappa shape index (κ2) is 8.41. The maximum Gasteiger partial charge on any atom is 0.123 e. The van der Waals surface area contributed by atoms with Gasteiger partial charge in [-0.05, 0) is 36.1 Å². The minimum atomic E-state index is 0.223. The van der Waals surface area contributed by atoms with Gasteiger partial charge in [0.25, 0.3) is 0 Å². The van der Waals surface area contributed by atoms with Crippen LogP contribution in [0.3, 0.4) is 0 Å². The van der Waals surface area contributed by atoms with Gasteiger partial charge in [-0.25, -0.2) is 0 Å². The van der Waals surface area contributed by atoms with Gasteiger partial charge in [0, 0.05) is 24.9 Å². The summed E-state index contributed by atoms with van der Waals surface area (Å²) in [5.74, 6) is 1.51. The van der Waals surface area contributed by atoms with E-state index in [1.165, 1.54) is 16.7 Å². The second-order valence-electron chi connectivity index (χ2n) is 7.44. The van der Waals surface area contributed by atoms with Crippen molar-refractivity contribution in [3.63, 3.8) is 0 Å². The normalized spacial score (nSPS) is 19.7. The Morgan fingerprint density at radius 2 is 1.56 bits per heavy atom. The summed E-state index contributed by atoms with van der Waals surface area (Å²) >= 11 is 0. The number of rotatable bonds is 6. The molecule has 0 amide bonds. The van der Waals surface area contributed by atoms with E-state index < -0.39 is 0 Å². The summed E-state index contributed by atoms with van der Waals surface area (Å²) in [6, 6.07) is 30.2. The molecule has 1 N–H and O–H groups in total. The van der Waals surface area contributed by atoms with Crippen molar-refractivity contribution in [2.24, 2.45) is 0 Å². The Balaban J connectivity index is 1.47. The first-order valence-corrected chi connectivity index (χ1v) is 9.87. The van der Waals surface area contributed by atoms with E-state index in [9.17, 15) is 0 Å². The highest BCUT2D eigenvalue weighted by atomic mass is 16.5. The Morgan fingerprint density at radius 1 is 0.889 bits per heavy atom. The number of hydrogen-bond donors (Lipinski definition) is 1. The highest BCUT2D eigenvalue weighted by Gasteiger charge is 2.28. The van der Waals surface area contributed by atoms with Crippen molar-refractivity contribution in [2.45, 2.75) is 37.8 Å². The van der Waals surface area contributed by atoms with Crippen LogP contribution >= 0.6 is 0 Å². The van der Waals surface area contributed by atoms with Crippen LogP contribution in [-0.4, -0.2) is 12.6 Å². The van der Waals surface area contributed by atoms with Gasteiger partial charge in [0.2, 0.25) is 0 Å². The Bertz CT molecular complexity index is 846. The highest BCUT2D eigenvalue weighted by molar-refractivity contribution is 5.39. The molecule has 4 rings (SSSR count). The molecule has 2 unspecified atom stereocenters. The molecule has 0 fully saturated rings. The van der Waals surface area contributed by atoms with E-state index in [0.29, 0.717) is 12.0 Å². The van der Waals surface area contributed by atoms with E-state index in [0.717, 1.165) is 25.1 Å². The minimum Gasteiger partial charge on any atom is -0.490 e. The van der Waals surface area contributed by atoms with Crippen LogP contribution in [0.1, 0.15) is 42.0 Å². The smallest absolute Gasteiger partial charge is 0.123 e. The summed E-state index contributed by atoms with van der Waals surface area (Å²) in [6.07, 6.45) is 2.22. The predicted molar refractivity (Wildman–Crippen MR) is 111 cm³/mol. The van der Waals surface area contributed by atoms with Crippen LogP contribution in [0.15, 0.2) is 84.9 Å². The van der Waals surface area contributed by atoms with Crippen LogP contribution in [0.5, 0.6) is 5.75 Å². The average molecular weight is 357 g/mol. The largest absolute Gasteiger partial charge is 0.490 e. The van der Waals surface area contributed by atoms with Crippen LogP contribution in [0.4, 0.5) is 0 Å². The van der Waals surface area contributed by atoms with Crippen molar-refractivity contribution in [1.82, 2.24) is 5.32 Å². The maximum atomic E-state index is 6.33. The SMILES string of the molecule is CC(NC[C@@H]1CC(Cc2ccccc2)Oc2ccccc21)c1ccccc1. The molecule has 1 aliphatic rings. The molecule has 0 spiro atoms. The van der Waals surface area contributed by atoms with Crippen molar-refractivity contribution in [3.8, 4) is 5.75 Å². The number of benzene rings is 3. The molecule has 0 aromatic heterocycles. The lowest BCUT2D eigenvalue weighted by atomic mass is 9.87. The van der Waals surface area contributed by atoms with Crippen molar-refractivity contribution >= 4 is 0 Å². The average Bonchev–Trinajstić information content (AvgIpc) is 2.73. The molecule has 3 aromatic carbocycles. The molecule has 27 heavy (non-hydrogen) atoms. The number of hydrogen-bond acceptors (Lipinski definition) is 2. The van der Waals surface area contributed by atoms with Gasteiger partial charge in [0.15, 0.2) is 0 Å². The third-order valence-corrected chi connectivity index (χ3v) is 5.48. The highest BCUT2D eigenvalue weighted by Crippen LogP contribution is 2.37. The molecule has 3 atom stereocenters. The van der Waals surface area contributed by atoms with Gasteiger partial charge in [-0.15, -0.1) is 0 Å². The predicted octanol–water partition coefficient (Wildman–Crippen LogP) is 5.51. The fourth-order valence-corrected chi connectivity index (χ4v) is 3.97. The molecule has 138 valence electrons. The third-order valence-electron chi connectivity index (χ3n) is 5.48. The molecular weight excluding hydrogens is 330 g/mol. The van der Waals surface area contributed by atoms with Crippen LogP contribution in [0.25, 0.3) is 0 Å². The summed E-state index contributed by atoms with van der Waals surface area (Å²) in [5, 5.41) is 3.74. The number of nitrogens with one attached hydrogen (secondary N) is 1. The van der Waals surface area contributed by atoms with Crippen molar-refractivity contribution in [3.05, 3.63) is 102 Å². The van der Waals surface area contributed by atoms with E-state index in [2.05, 4.69) is 97.2 Å². The summed E-state index contributed by atoms with van der Waals surface area (Å²) in [5.41, 5.74) is 4.00. The first kappa shape index (κ1) is 17.8. The van der Waals surface area contributed by atoms with E-state index in [4.69, 9.17) is 4.74 Å². The molecule has 3 aromatic rings. The standard InChI is InChI=1S/C25H27NO/c1-19(21-12-6-3-7-13-21)26-18-22-17-23(16-20-10-4-2-5-11-20)27-25-15-9-8-14-24(22)25/h2-15,19,22-23,26H,16-18H2,1H3/t19?,22-,23?/m0/s1. The number of fused-ring (bicyclic) bond motifs is 1. The van der Waals surface area contributed by atoms with E-state index >= 15 is 0 Å². The molecule has 2 nitrogen and oxygen atoms in total. The molecular formula is C25H27NO. The number of para-hydroxylation sites is 1. The molecule has 0 bridgehead atoms. The molecule has 0 aliphatic carbocycles. The zero-order chi connectivity index (χ0) is 18.5. The summed E-state index contributed by atoms with van der Waals surface area (Å²) < 4.78 is 6.33. The minimum absolute atomic E-state index is 0.223. The Hall–Kier alpha value is -2.58. The van der Waals surface area contributed by atoms with Crippen molar-refractivity contribution in [1.29, 1.82) is 0 Å². The van der Waals surface area contributed by atoms with Gasteiger partial charge in [-0.1, -0.05) is 78.9 Å². The van der Waals surface area contributed by atoms with E-state index in [-0.39, 0.29) is 6.10 Å². The van der Waals surface area contributed by atoms with Gasteiger partial charge < -0.3 is 10.1 Å². The summed E-state index contributed by atoms with van der Waals surface area (Å²) in [4.78, 5) is 0. The zero-order valence-corrected chi connectivity index (χ0v) is 15.8. The third kappa shape index (κ3) is 4.40. The van der Waals surface area contributed by atoms with Gasteiger partial charge >= 0.3 is 0 Å². The first-order valence-electron chi connectivity index (χ1n) is 9.87. The lowest BCUT2D eigenvalue weighted by molar-refractivity contribution is 0.156. The second-order valence-corrected chi connectivity index (χ2v) is 7.44. The van der Waals surface area contributed by atoms with Crippen molar-refractivity contribution < 1.29 is 4.74 Å². The summed E-state index contributed by atoms with van der Waals surface area (Å²) in [7, 11) is 0. The lowest BCUT2D eigenvalue weighted by Gasteiger charge is -2.33. The maximum absolute atomic E-state index is 6.33. The van der Waals surface area contributed by atoms with E-state index in [1.54, 1.807) is 0 Å². The molecule has 0 saturated carbocycles. The zero-order valence-electron chi connectivity index (χ0n) is 15.8. The first-order chi connectivity index (χ1) is 13.3. The molecule has 2 heteroatoms. The van der Waals surface area contributed by atoms with Crippen molar-refractivity contribution in [2.75, 3.05) is 6.54 Å². The van der Waals surface area contributed by atoms with Gasteiger partial charge in [-0.2, -0.15) is 0 Å². The van der Waals surface area contributed by atoms with Gasteiger partial charge in [0.05, 0.1) is 0 Å². The quantitative estimate of drug-likeness (QED) is 0.627. The molecule has 0 radical (unpaired) electrons. The fourth-order valence-electron chi connectivity index (χ4n) is 3.97. The topological polar surface area (TPSA) is 21.3 Å². The van der Waals surface area contributed by atoms with E-state index in [1.807, 2.05) is 0 Å². The fraction of sp³-hybridized carbons (Fsp3) is 0.280. The monoisotopic (exact) mass is 357 g/mol. The number of ether oxygens (including phenoxy) is 1. The van der Waals surface area contributed by atoms with Gasteiger partial charge in [-0.3, -0.25) is 0 Å². The Morgan fingerprint density at radius 3 is 2.33 bits per heavy atom. The van der Waals surface area contributed by atoms with Crippen LogP contribution < -0.4 is 10.1 Å².